The van der Waals surface area contributed by atoms with Crippen molar-refractivity contribution in [3.63, 3.8) is 0 Å². The SMILES string of the molecule is CC/C=C\C/C=C\C/C=C\C/C=C\C/C=C\C/C=C\C/C=C\C/C=C\C/C=C\C/C=C\CCCCC(=O)OCC(COC(=O)CCCCCCCC)OC(=O)CCCCCC/C=C\C/C=C\C/C=C\C/C=C\CC. The Bertz CT molecular complexity index is 1740. The van der Waals surface area contributed by atoms with Gasteiger partial charge in [0.2, 0.25) is 0 Å². The van der Waals surface area contributed by atoms with Crippen molar-refractivity contribution in [3.05, 3.63) is 170 Å². The molecule has 412 valence electrons. The van der Waals surface area contributed by atoms with E-state index < -0.39 is 6.10 Å². The zero-order valence-corrected chi connectivity index (χ0v) is 47.0. The van der Waals surface area contributed by atoms with Crippen molar-refractivity contribution in [2.75, 3.05) is 13.2 Å². The molecule has 0 bridgehead atoms. The fraction of sp³-hybridized carbons (Fsp3) is 0.544. The van der Waals surface area contributed by atoms with Crippen LogP contribution < -0.4 is 0 Å². The number of rotatable bonds is 50. The maximum atomic E-state index is 12.8. The van der Waals surface area contributed by atoms with Crippen LogP contribution in [-0.2, 0) is 28.6 Å². The van der Waals surface area contributed by atoms with Crippen LogP contribution >= 0.6 is 0 Å². The summed E-state index contributed by atoms with van der Waals surface area (Å²) in [4.78, 5) is 37.8. The van der Waals surface area contributed by atoms with E-state index in [1.54, 1.807) is 0 Å². The standard InChI is InChI=1S/C68H104O6/c1-4-7-10-13-16-18-20-22-24-26-27-28-29-30-31-32-33-34-35-36-37-38-39-40-41-43-44-46-48-50-52-55-58-61-67(70)73-64-65(63-72-66(69)60-57-54-15-12-9-6-3)74-68(71)62-59-56-53-51-49-47-45-42-25-23-21-19-17-14-11-8-5-2/h7-8,10-11,16-19,22-25,27-28,30-31,33-34,36-37,39-40,43-45,47-48,50,65H,4-6,9,12-15,20-21,26,29,32,35,38,41-42,46,49,51-64H2,1-3H3/b10-7-,11-8-,18-16-,19-17-,24-22-,25-23-,28-27-,31-30-,34-33-,37-36-,40-39-,44-43-,47-45-,50-48-. The van der Waals surface area contributed by atoms with Gasteiger partial charge in [0.05, 0.1) is 0 Å². The Balaban J connectivity index is 4.28. The van der Waals surface area contributed by atoms with Crippen molar-refractivity contribution in [1.29, 1.82) is 0 Å². The molecule has 0 saturated carbocycles. The Kier molecular flexibility index (Phi) is 56.1. The highest BCUT2D eigenvalue weighted by atomic mass is 16.6. The van der Waals surface area contributed by atoms with Crippen molar-refractivity contribution >= 4 is 17.9 Å². The quantitative estimate of drug-likeness (QED) is 0.0261. The minimum Gasteiger partial charge on any atom is -0.462 e. The molecule has 0 N–H and O–H groups in total. The van der Waals surface area contributed by atoms with E-state index in [0.29, 0.717) is 12.8 Å². The van der Waals surface area contributed by atoms with Crippen LogP contribution in [0.25, 0.3) is 0 Å². The molecule has 0 aromatic heterocycles. The maximum Gasteiger partial charge on any atom is 0.306 e. The lowest BCUT2D eigenvalue weighted by molar-refractivity contribution is -0.167. The molecule has 0 aromatic rings. The minimum atomic E-state index is -0.814. The molecule has 74 heavy (non-hydrogen) atoms. The number of unbranched alkanes of at least 4 members (excludes halogenated alkanes) is 11. The maximum absolute atomic E-state index is 12.8. The van der Waals surface area contributed by atoms with Crippen LogP contribution in [0.2, 0.25) is 0 Å². The second-order valence-electron chi connectivity index (χ2n) is 18.4. The molecule has 0 amide bonds. The Labute approximate surface area is 453 Å². The van der Waals surface area contributed by atoms with Gasteiger partial charge in [0, 0.05) is 19.3 Å². The number of allylic oxidation sites excluding steroid dienone is 28. The molecule has 0 heterocycles. The first-order chi connectivity index (χ1) is 36.5. The minimum absolute atomic E-state index is 0.109. The van der Waals surface area contributed by atoms with Crippen molar-refractivity contribution in [3.8, 4) is 0 Å². The van der Waals surface area contributed by atoms with Crippen molar-refractivity contribution in [1.82, 2.24) is 0 Å². The van der Waals surface area contributed by atoms with Gasteiger partial charge in [-0.25, -0.2) is 0 Å². The molecule has 1 atom stereocenters. The summed E-state index contributed by atoms with van der Waals surface area (Å²) in [6.07, 6.45) is 89.6. The second kappa shape index (κ2) is 60.3. The summed E-state index contributed by atoms with van der Waals surface area (Å²) in [5, 5.41) is 0. The summed E-state index contributed by atoms with van der Waals surface area (Å²) in [6.45, 7) is 6.26. The first-order valence-corrected chi connectivity index (χ1v) is 29.1. The van der Waals surface area contributed by atoms with Gasteiger partial charge in [-0.15, -0.1) is 0 Å². The summed E-state index contributed by atoms with van der Waals surface area (Å²) in [5.74, 6) is -1.00. The van der Waals surface area contributed by atoms with Gasteiger partial charge < -0.3 is 14.2 Å². The van der Waals surface area contributed by atoms with E-state index in [1.165, 1.54) is 19.3 Å². The predicted molar refractivity (Wildman–Crippen MR) is 320 cm³/mol. The molecule has 0 aliphatic rings. The Morgan fingerprint density at radius 3 is 0.851 bits per heavy atom. The van der Waals surface area contributed by atoms with E-state index in [0.717, 1.165) is 154 Å². The highest BCUT2D eigenvalue weighted by molar-refractivity contribution is 5.71. The van der Waals surface area contributed by atoms with E-state index in [4.69, 9.17) is 14.2 Å². The van der Waals surface area contributed by atoms with E-state index in [9.17, 15) is 14.4 Å². The van der Waals surface area contributed by atoms with Crippen LogP contribution in [0, 0.1) is 0 Å². The lowest BCUT2D eigenvalue weighted by Crippen LogP contribution is -2.30. The molecule has 0 spiro atoms. The summed E-state index contributed by atoms with van der Waals surface area (Å²) in [7, 11) is 0. The van der Waals surface area contributed by atoms with Crippen LogP contribution in [0.4, 0.5) is 0 Å². The first kappa shape index (κ1) is 68.8. The summed E-state index contributed by atoms with van der Waals surface area (Å²) < 4.78 is 16.7. The Morgan fingerprint density at radius 1 is 0.284 bits per heavy atom. The van der Waals surface area contributed by atoms with E-state index in [2.05, 4.69) is 191 Å². The van der Waals surface area contributed by atoms with Crippen LogP contribution in [0.1, 0.15) is 220 Å². The molecule has 0 aliphatic heterocycles. The van der Waals surface area contributed by atoms with E-state index in [-0.39, 0.29) is 44.0 Å². The highest BCUT2D eigenvalue weighted by Gasteiger charge is 2.19. The number of carbonyl (C=O) groups is 3. The fourth-order valence-electron chi connectivity index (χ4n) is 7.16. The van der Waals surface area contributed by atoms with Gasteiger partial charge in [0.1, 0.15) is 13.2 Å². The van der Waals surface area contributed by atoms with Gasteiger partial charge in [-0.3, -0.25) is 14.4 Å². The first-order valence-electron chi connectivity index (χ1n) is 29.1. The van der Waals surface area contributed by atoms with Gasteiger partial charge in [-0.05, 0) is 135 Å². The number of carbonyl (C=O) groups excluding carboxylic acids is 3. The van der Waals surface area contributed by atoms with Gasteiger partial charge >= 0.3 is 17.9 Å². The molecule has 0 aromatic carbocycles. The van der Waals surface area contributed by atoms with E-state index >= 15 is 0 Å². The van der Waals surface area contributed by atoms with Crippen LogP contribution in [0.3, 0.4) is 0 Å². The largest absolute Gasteiger partial charge is 0.462 e. The van der Waals surface area contributed by atoms with E-state index in [1.807, 2.05) is 0 Å². The van der Waals surface area contributed by atoms with Gasteiger partial charge in [0.15, 0.2) is 6.10 Å². The lowest BCUT2D eigenvalue weighted by atomic mass is 10.1. The third-order valence-corrected chi connectivity index (χ3v) is 11.5. The normalized spacial score (nSPS) is 13.4. The average Bonchev–Trinajstić information content (AvgIpc) is 3.40. The van der Waals surface area contributed by atoms with Crippen LogP contribution in [0.5, 0.6) is 0 Å². The van der Waals surface area contributed by atoms with Crippen molar-refractivity contribution in [2.45, 2.75) is 226 Å². The molecular formula is C68H104O6. The number of ether oxygens (including phenoxy) is 3. The van der Waals surface area contributed by atoms with Crippen LogP contribution in [0.15, 0.2) is 170 Å². The topological polar surface area (TPSA) is 78.9 Å². The summed E-state index contributed by atoms with van der Waals surface area (Å²) in [5.41, 5.74) is 0. The third kappa shape index (κ3) is 57.7. The van der Waals surface area contributed by atoms with Gasteiger partial charge in [0.25, 0.3) is 0 Å². The number of esters is 3. The lowest BCUT2D eigenvalue weighted by Gasteiger charge is -2.18. The van der Waals surface area contributed by atoms with Crippen molar-refractivity contribution in [2.24, 2.45) is 0 Å². The zero-order valence-electron chi connectivity index (χ0n) is 47.0. The molecule has 6 nitrogen and oxygen atoms in total. The molecule has 6 heteroatoms. The van der Waals surface area contributed by atoms with Gasteiger partial charge in [-0.1, -0.05) is 236 Å². The Hall–Kier alpha value is -5.23. The predicted octanol–water partition coefficient (Wildman–Crippen LogP) is 19.9. The fourth-order valence-corrected chi connectivity index (χ4v) is 7.16. The van der Waals surface area contributed by atoms with Gasteiger partial charge in [-0.2, -0.15) is 0 Å². The highest BCUT2D eigenvalue weighted by Crippen LogP contribution is 2.12. The third-order valence-electron chi connectivity index (χ3n) is 11.5. The molecular weight excluding hydrogens is 913 g/mol. The summed E-state index contributed by atoms with van der Waals surface area (Å²) in [6, 6.07) is 0. The number of hydrogen-bond donors (Lipinski definition) is 0. The average molecular weight is 1020 g/mol. The second-order valence-corrected chi connectivity index (χ2v) is 18.4. The smallest absolute Gasteiger partial charge is 0.306 e. The van der Waals surface area contributed by atoms with Crippen molar-refractivity contribution < 1.29 is 28.6 Å². The number of hydrogen-bond acceptors (Lipinski definition) is 6. The molecule has 0 aliphatic carbocycles. The summed E-state index contributed by atoms with van der Waals surface area (Å²) >= 11 is 0. The molecule has 0 radical (unpaired) electrons. The molecule has 0 fully saturated rings. The Morgan fingerprint density at radius 2 is 0.527 bits per heavy atom. The molecule has 1 unspecified atom stereocenters. The molecule has 0 saturated heterocycles. The zero-order chi connectivity index (χ0) is 53.6. The monoisotopic (exact) mass is 1020 g/mol. The van der Waals surface area contributed by atoms with Crippen LogP contribution in [-0.4, -0.2) is 37.2 Å². The molecule has 0 rings (SSSR count).